The Morgan fingerprint density at radius 1 is 1.50 bits per heavy atom. The summed E-state index contributed by atoms with van der Waals surface area (Å²) in [6, 6.07) is 4.09. The van der Waals surface area contributed by atoms with Crippen molar-refractivity contribution in [3.63, 3.8) is 0 Å². The van der Waals surface area contributed by atoms with Crippen LogP contribution in [0.3, 0.4) is 0 Å². The molecule has 14 heavy (non-hydrogen) atoms. The molecule has 74 valence electrons. The molecule has 0 radical (unpaired) electrons. The van der Waals surface area contributed by atoms with Crippen LogP contribution in [0.5, 0.6) is 0 Å². The van der Waals surface area contributed by atoms with Crippen molar-refractivity contribution < 1.29 is 9.18 Å². The molecule has 1 saturated heterocycles. The van der Waals surface area contributed by atoms with Gasteiger partial charge in [0.05, 0.1) is 11.1 Å². The first kappa shape index (κ1) is 9.27. The molecule has 1 aliphatic heterocycles. The van der Waals surface area contributed by atoms with Gasteiger partial charge < -0.3 is 10.6 Å². The third-order valence-electron chi connectivity index (χ3n) is 2.12. The van der Waals surface area contributed by atoms with Crippen LogP contribution in [0.2, 0.25) is 5.02 Å². The van der Waals surface area contributed by atoms with Gasteiger partial charge in [0.25, 0.3) is 0 Å². The smallest absolute Gasteiger partial charge is 0.315 e. The van der Waals surface area contributed by atoms with Crippen molar-refractivity contribution in [1.29, 1.82) is 0 Å². The minimum atomic E-state index is -0.451. The zero-order chi connectivity index (χ0) is 10.1. The minimum absolute atomic E-state index is 0.0728. The third-order valence-corrected chi connectivity index (χ3v) is 2.41. The maximum atomic E-state index is 12.8. The average molecular weight is 215 g/mol. The molecule has 1 aromatic rings. The quantitative estimate of drug-likeness (QED) is 0.736. The maximum absolute atomic E-state index is 12.8. The van der Waals surface area contributed by atoms with Gasteiger partial charge in [-0.25, -0.2) is 9.18 Å². The van der Waals surface area contributed by atoms with E-state index < -0.39 is 5.82 Å². The van der Waals surface area contributed by atoms with Gasteiger partial charge in [0.15, 0.2) is 0 Å². The first-order valence-corrected chi connectivity index (χ1v) is 4.54. The highest BCUT2D eigenvalue weighted by Gasteiger charge is 2.21. The molecular weight excluding hydrogens is 207 g/mol. The summed E-state index contributed by atoms with van der Waals surface area (Å²) in [6.07, 6.45) is 0. The Morgan fingerprint density at radius 2 is 2.29 bits per heavy atom. The van der Waals surface area contributed by atoms with Gasteiger partial charge in [0.2, 0.25) is 0 Å². The van der Waals surface area contributed by atoms with Crippen LogP contribution in [0.4, 0.5) is 9.18 Å². The summed E-state index contributed by atoms with van der Waals surface area (Å²) in [6.45, 7) is 0.501. The second-order valence-electron chi connectivity index (χ2n) is 3.08. The molecule has 2 N–H and O–H groups in total. The molecule has 1 aromatic carbocycles. The highest BCUT2D eigenvalue weighted by Crippen LogP contribution is 2.21. The Morgan fingerprint density at radius 3 is 2.86 bits per heavy atom. The standard InChI is InChI=1S/C9H8ClFN2O/c10-6-3-5(1-2-7(6)11)8-4-12-9(14)13-8/h1-3,8H,4H2,(H2,12,13,14). The van der Waals surface area contributed by atoms with Gasteiger partial charge in [-0.1, -0.05) is 17.7 Å². The van der Waals surface area contributed by atoms with Crippen LogP contribution in [-0.2, 0) is 0 Å². The summed E-state index contributed by atoms with van der Waals surface area (Å²) in [5.74, 6) is -0.451. The summed E-state index contributed by atoms with van der Waals surface area (Å²) in [7, 11) is 0. The highest BCUT2D eigenvalue weighted by atomic mass is 35.5. The molecule has 1 heterocycles. The molecule has 2 rings (SSSR count). The summed E-state index contributed by atoms with van der Waals surface area (Å²) < 4.78 is 12.8. The summed E-state index contributed by atoms with van der Waals surface area (Å²) in [4.78, 5) is 10.8. The van der Waals surface area contributed by atoms with E-state index in [2.05, 4.69) is 10.6 Å². The molecule has 1 fully saturated rings. The fourth-order valence-electron chi connectivity index (χ4n) is 1.39. The Balaban J connectivity index is 2.24. The average Bonchev–Trinajstić information content (AvgIpc) is 2.57. The number of amides is 2. The third kappa shape index (κ3) is 1.65. The number of hydrogen-bond acceptors (Lipinski definition) is 1. The lowest BCUT2D eigenvalue weighted by atomic mass is 10.1. The molecule has 0 aliphatic carbocycles. The minimum Gasteiger partial charge on any atom is -0.336 e. The van der Waals surface area contributed by atoms with E-state index in [9.17, 15) is 9.18 Å². The van der Waals surface area contributed by atoms with E-state index in [1.807, 2.05) is 0 Å². The zero-order valence-electron chi connectivity index (χ0n) is 7.18. The Labute approximate surface area is 85.3 Å². The Kier molecular flexibility index (Phi) is 2.29. The topological polar surface area (TPSA) is 41.1 Å². The van der Waals surface area contributed by atoms with E-state index >= 15 is 0 Å². The van der Waals surface area contributed by atoms with Crippen molar-refractivity contribution in [2.75, 3.05) is 6.54 Å². The van der Waals surface area contributed by atoms with Crippen molar-refractivity contribution in [2.45, 2.75) is 6.04 Å². The molecule has 5 heteroatoms. The van der Waals surface area contributed by atoms with Crippen LogP contribution < -0.4 is 10.6 Å². The normalized spacial score (nSPS) is 20.4. The SMILES string of the molecule is O=C1NCC(c2ccc(F)c(Cl)c2)N1. The number of halogens is 2. The molecule has 0 bridgehead atoms. The molecule has 3 nitrogen and oxygen atoms in total. The molecule has 0 aromatic heterocycles. The van der Waals surface area contributed by atoms with Crippen molar-refractivity contribution in [1.82, 2.24) is 10.6 Å². The monoisotopic (exact) mass is 214 g/mol. The van der Waals surface area contributed by atoms with E-state index in [4.69, 9.17) is 11.6 Å². The molecule has 1 unspecified atom stereocenters. The van der Waals surface area contributed by atoms with Crippen LogP contribution in [0.25, 0.3) is 0 Å². The number of urea groups is 1. The first-order valence-electron chi connectivity index (χ1n) is 4.16. The van der Waals surface area contributed by atoms with Crippen molar-refractivity contribution >= 4 is 17.6 Å². The van der Waals surface area contributed by atoms with Gasteiger partial charge in [0, 0.05) is 6.54 Å². The zero-order valence-corrected chi connectivity index (χ0v) is 7.94. The number of carbonyl (C=O) groups excluding carboxylic acids is 1. The molecule has 0 saturated carbocycles. The van der Waals surface area contributed by atoms with Crippen molar-refractivity contribution in [2.24, 2.45) is 0 Å². The first-order chi connectivity index (χ1) is 6.66. The second kappa shape index (κ2) is 3.46. The van der Waals surface area contributed by atoms with Gasteiger partial charge in [-0.3, -0.25) is 0 Å². The molecule has 0 spiro atoms. The molecule has 2 amide bonds. The number of carbonyl (C=O) groups is 1. The predicted octanol–water partition coefficient (Wildman–Crippen LogP) is 1.83. The predicted molar refractivity (Wildman–Crippen MR) is 50.7 cm³/mol. The van der Waals surface area contributed by atoms with E-state index in [0.717, 1.165) is 5.56 Å². The van der Waals surface area contributed by atoms with E-state index in [-0.39, 0.29) is 17.1 Å². The molecular formula is C9H8ClFN2O. The molecule has 1 aliphatic rings. The maximum Gasteiger partial charge on any atom is 0.315 e. The fraction of sp³-hybridized carbons (Fsp3) is 0.222. The van der Waals surface area contributed by atoms with Crippen LogP contribution in [0, 0.1) is 5.82 Å². The van der Waals surface area contributed by atoms with Gasteiger partial charge in [-0.05, 0) is 17.7 Å². The number of benzene rings is 1. The molecule has 1 atom stereocenters. The lowest BCUT2D eigenvalue weighted by Crippen LogP contribution is -2.21. The number of nitrogens with one attached hydrogen (secondary N) is 2. The van der Waals surface area contributed by atoms with E-state index in [1.54, 1.807) is 6.07 Å². The number of hydrogen-bond donors (Lipinski definition) is 2. The van der Waals surface area contributed by atoms with Gasteiger partial charge in [-0.15, -0.1) is 0 Å². The Bertz CT molecular complexity index is 383. The van der Waals surface area contributed by atoms with Gasteiger partial charge in [0.1, 0.15) is 5.82 Å². The van der Waals surface area contributed by atoms with Crippen LogP contribution >= 0.6 is 11.6 Å². The highest BCUT2D eigenvalue weighted by molar-refractivity contribution is 6.30. The van der Waals surface area contributed by atoms with Crippen LogP contribution in [0.15, 0.2) is 18.2 Å². The van der Waals surface area contributed by atoms with Gasteiger partial charge in [-0.2, -0.15) is 0 Å². The largest absolute Gasteiger partial charge is 0.336 e. The summed E-state index contributed by atoms with van der Waals surface area (Å²) in [5, 5.41) is 5.37. The van der Waals surface area contributed by atoms with Crippen LogP contribution in [-0.4, -0.2) is 12.6 Å². The van der Waals surface area contributed by atoms with Crippen molar-refractivity contribution in [3.8, 4) is 0 Å². The fourth-order valence-corrected chi connectivity index (χ4v) is 1.57. The Hall–Kier alpha value is -1.29. The van der Waals surface area contributed by atoms with Crippen LogP contribution in [0.1, 0.15) is 11.6 Å². The van der Waals surface area contributed by atoms with E-state index in [0.29, 0.717) is 6.54 Å². The lowest BCUT2D eigenvalue weighted by Gasteiger charge is -2.08. The summed E-state index contributed by atoms with van der Waals surface area (Å²) in [5.41, 5.74) is 0.801. The van der Waals surface area contributed by atoms with Crippen molar-refractivity contribution in [3.05, 3.63) is 34.6 Å². The second-order valence-corrected chi connectivity index (χ2v) is 3.49. The lowest BCUT2D eigenvalue weighted by molar-refractivity contribution is 0.247. The van der Waals surface area contributed by atoms with Gasteiger partial charge >= 0.3 is 6.03 Å². The summed E-state index contributed by atoms with van der Waals surface area (Å²) >= 11 is 5.62. The van der Waals surface area contributed by atoms with E-state index in [1.165, 1.54) is 12.1 Å². The number of rotatable bonds is 1.